The van der Waals surface area contributed by atoms with Crippen LogP contribution in [0.25, 0.3) is 0 Å². The van der Waals surface area contributed by atoms with Gasteiger partial charge in [-0.1, -0.05) is 39.5 Å². The van der Waals surface area contributed by atoms with Gasteiger partial charge in [0, 0.05) is 12.8 Å². The molecule has 0 N–H and O–H groups in total. The molecule has 0 fully saturated rings. The molecule has 0 saturated carbocycles. The summed E-state index contributed by atoms with van der Waals surface area (Å²) in [6.07, 6.45) is 6.53. The Hall–Kier alpha value is -0.860. The molecule has 0 radical (unpaired) electrons. The molecular formula is C12H22O3. The van der Waals surface area contributed by atoms with Crippen molar-refractivity contribution in [1.82, 2.24) is 0 Å². The van der Waals surface area contributed by atoms with Gasteiger partial charge >= 0.3 is 11.9 Å². The Morgan fingerprint density at radius 3 is 1.53 bits per heavy atom. The molecule has 0 rings (SSSR count). The Morgan fingerprint density at radius 2 is 1.20 bits per heavy atom. The molecule has 0 heterocycles. The van der Waals surface area contributed by atoms with Gasteiger partial charge in [-0.2, -0.15) is 0 Å². The molecule has 0 aromatic carbocycles. The number of ether oxygens (including phenoxy) is 1. The fourth-order valence-corrected chi connectivity index (χ4v) is 1.27. The summed E-state index contributed by atoms with van der Waals surface area (Å²) in [7, 11) is 0. The van der Waals surface area contributed by atoms with Gasteiger partial charge in [0.05, 0.1) is 0 Å². The van der Waals surface area contributed by atoms with E-state index in [0.717, 1.165) is 38.5 Å². The lowest BCUT2D eigenvalue weighted by Gasteiger charge is -2.02. The standard InChI is InChI=1S/C12H22O3/c1-3-5-7-9-11(13)15-12(14)10-8-6-4-2/h3-10H2,1-2H3. The zero-order chi connectivity index (χ0) is 11.5. The van der Waals surface area contributed by atoms with Gasteiger partial charge in [0.25, 0.3) is 0 Å². The summed E-state index contributed by atoms with van der Waals surface area (Å²) < 4.78 is 4.67. The van der Waals surface area contributed by atoms with Crippen molar-refractivity contribution in [3.8, 4) is 0 Å². The Kier molecular flexibility index (Phi) is 9.13. The van der Waals surface area contributed by atoms with E-state index in [-0.39, 0.29) is 11.9 Å². The first-order chi connectivity index (χ1) is 7.20. The highest BCUT2D eigenvalue weighted by Crippen LogP contribution is 2.04. The molecule has 0 unspecified atom stereocenters. The van der Waals surface area contributed by atoms with Crippen molar-refractivity contribution in [2.24, 2.45) is 0 Å². The van der Waals surface area contributed by atoms with E-state index >= 15 is 0 Å². The maximum absolute atomic E-state index is 11.1. The second kappa shape index (κ2) is 9.69. The first-order valence-electron chi connectivity index (χ1n) is 5.94. The van der Waals surface area contributed by atoms with Gasteiger partial charge in [0.2, 0.25) is 0 Å². The van der Waals surface area contributed by atoms with Crippen LogP contribution in [0.15, 0.2) is 0 Å². The molecule has 0 amide bonds. The molecule has 3 nitrogen and oxygen atoms in total. The molecule has 0 spiro atoms. The van der Waals surface area contributed by atoms with Crippen molar-refractivity contribution in [3.63, 3.8) is 0 Å². The van der Waals surface area contributed by atoms with Crippen LogP contribution in [-0.2, 0) is 14.3 Å². The van der Waals surface area contributed by atoms with Crippen molar-refractivity contribution in [2.75, 3.05) is 0 Å². The van der Waals surface area contributed by atoms with Crippen molar-refractivity contribution in [3.05, 3.63) is 0 Å². The number of unbranched alkanes of at least 4 members (excludes halogenated alkanes) is 4. The molecule has 88 valence electrons. The Balaban J connectivity index is 3.45. The van der Waals surface area contributed by atoms with E-state index in [0.29, 0.717) is 12.8 Å². The van der Waals surface area contributed by atoms with Crippen LogP contribution in [0.5, 0.6) is 0 Å². The molecule has 0 aromatic rings. The molecular weight excluding hydrogens is 192 g/mol. The maximum atomic E-state index is 11.1. The zero-order valence-corrected chi connectivity index (χ0v) is 9.88. The largest absolute Gasteiger partial charge is 0.393 e. The first kappa shape index (κ1) is 14.1. The fraction of sp³-hybridized carbons (Fsp3) is 0.833. The summed E-state index contributed by atoms with van der Waals surface area (Å²) in [6, 6.07) is 0. The van der Waals surface area contributed by atoms with Gasteiger partial charge in [0.15, 0.2) is 0 Å². The summed E-state index contributed by atoms with van der Waals surface area (Å²) in [5.41, 5.74) is 0. The van der Waals surface area contributed by atoms with Gasteiger partial charge < -0.3 is 4.74 Å². The summed E-state index contributed by atoms with van der Waals surface area (Å²) in [5.74, 6) is -0.741. The topological polar surface area (TPSA) is 43.4 Å². The van der Waals surface area contributed by atoms with Crippen LogP contribution < -0.4 is 0 Å². The number of carbonyl (C=O) groups is 2. The molecule has 0 aromatic heterocycles. The highest BCUT2D eigenvalue weighted by Gasteiger charge is 2.09. The van der Waals surface area contributed by atoms with Crippen molar-refractivity contribution in [1.29, 1.82) is 0 Å². The summed E-state index contributed by atoms with van der Waals surface area (Å²) in [6.45, 7) is 4.14. The lowest BCUT2D eigenvalue weighted by atomic mass is 10.2. The van der Waals surface area contributed by atoms with E-state index < -0.39 is 0 Å². The van der Waals surface area contributed by atoms with E-state index in [4.69, 9.17) is 0 Å². The fourth-order valence-electron chi connectivity index (χ4n) is 1.27. The highest BCUT2D eigenvalue weighted by atomic mass is 16.6. The second-order valence-corrected chi connectivity index (χ2v) is 3.76. The average molecular weight is 214 g/mol. The molecule has 0 saturated heterocycles. The molecule has 0 atom stereocenters. The van der Waals surface area contributed by atoms with Crippen molar-refractivity contribution < 1.29 is 14.3 Å². The van der Waals surface area contributed by atoms with Crippen LogP contribution in [-0.4, -0.2) is 11.9 Å². The van der Waals surface area contributed by atoms with Crippen LogP contribution >= 0.6 is 0 Å². The molecule has 0 aliphatic carbocycles. The van der Waals surface area contributed by atoms with E-state index in [9.17, 15) is 9.59 Å². The maximum Gasteiger partial charge on any atom is 0.313 e. The van der Waals surface area contributed by atoms with Gasteiger partial charge in [0.1, 0.15) is 0 Å². The monoisotopic (exact) mass is 214 g/mol. The number of hydrogen-bond acceptors (Lipinski definition) is 3. The minimum Gasteiger partial charge on any atom is -0.393 e. The minimum absolute atomic E-state index is 0.368. The number of esters is 2. The third kappa shape index (κ3) is 9.44. The normalized spacial score (nSPS) is 10.0. The molecule has 3 heteroatoms. The van der Waals surface area contributed by atoms with Crippen LogP contribution in [0.1, 0.15) is 65.2 Å². The van der Waals surface area contributed by atoms with Crippen LogP contribution in [0.2, 0.25) is 0 Å². The van der Waals surface area contributed by atoms with Crippen LogP contribution in [0.4, 0.5) is 0 Å². The predicted molar refractivity (Wildman–Crippen MR) is 59.4 cm³/mol. The lowest BCUT2D eigenvalue weighted by Crippen LogP contribution is -2.11. The Morgan fingerprint density at radius 1 is 0.800 bits per heavy atom. The van der Waals surface area contributed by atoms with Crippen LogP contribution in [0.3, 0.4) is 0 Å². The first-order valence-corrected chi connectivity index (χ1v) is 5.94. The SMILES string of the molecule is CCCCCC(=O)OC(=O)CCCCC. The minimum atomic E-state index is -0.370. The number of carbonyl (C=O) groups excluding carboxylic acids is 2. The zero-order valence-electron chi connectivity index (χ0n) is 9.88. The summed E-state index contributed by atoms with van der Waals surface area (Å²) in [5, 5.41) is 0. The highest BCUT2D eigenvalue weighted by molar-refractivity contribution is 5.85. The second-order valence-electron chi connectivity index (χ2n) is 3.76. The van der Waals surface area contributed by atoms with Gasteiger partial charge in [-0.15, -0.1) is 0 Å². The quantitative estimate of drug-likeness (QED) is 0.354. The van der Waals surface area contributed by atoms with Gasteiger partial charge in [-0.05, 0) is 12.8 Å². The number of rotatable bonds is 8. The Labute approximate surface area is 92.2 Å². The van der Waals surface area contributed by atoms with Gasteiger partial charge in [-0.25, -0.2) is 0 Å². The third-order valence-corrected chi connectivity index (χ3v) is 2.20. The van der Waals surface area contributed by atoms with E-state index in [2.05, 4.69) is 18.6 Å². The van der Waals surface area contributed by atoms with Crippen molar-refractivity contribution in [2.45, 2.75) is 65.2 Å². The average Bonchev–Trinajstić information content (AvgIpc) is 2.18. The molecule has 0 bridgehead atoms. The lowest BCUT2D eigenvalue weighted by molar-refractivity contribution is -0.159. The number of hydrogen-bond donors (Lipinski definition) is 0. The van der Waals surface area contributed by atoms with E-state index in [1.54, 1.807) is 0 Å². The predicted octanol–water partition coefficient (Wildman–Crippen LogP) is 3.22. The molecule has 0 aliphatic rings. The van der Waals surface area contributed by atoms with Gasteiger partial charge in [-0.3, -0.25) is 9.59 Å². The van der Waals surface area contributed by atoms with E-state index in [1.807, 2.05) is 0 Å². The summed E-state index contributed by atoms with van der Waals surface area (Å²) in [4.78, 5) is 22.2. The molecule has 0 aliphatic heterocycles. The van der Waals surface area contributed by atoms with Crippen LogP contribution in [0, 0.1) is 0 Å². The third-order valence-electron chi connectivity index (χ3n) is 2.20. The Bertz CT molecular complexity index is 167. The molecule has 15 heavy (non-hydrogen) atoms. The van der Waals surface area contributed by atoms with Crippen molar-refractivity contribution >= 4 is 11.9 Å². The van der Waals surface area contributed by atoms with E-state index in [1.165, 1.54) is 0 Å². The smallest absolute Gasteiger partial charge is 0.313 e. The summed E-state index contributed by atoms with van der Waals surface area (Å²) >= 11 is 0.